The molecule has 3 N–H and O–H groups in total. The van der Waals surface area contributed by atoms with Gasteiger partial charge in [-0.3, -0.25) is 4.72 Å². The molecule has 0 unspecified atom stereocenters. The van der Waals surface area contributed by atoms with Gasteiger partial charge < -0.3 is 10.5 Å². The predicted molar refractivity (Wildman–Crippen MR) is 82.3 cm³/mol. The summed E-state index contributed by atoms with van der Waals surface area (Å²) in [5.41, 5.74) is 6.30. The minimum atomic E-state index is -3.87. The van der Waals surface area contributed by atoms with Crippen molar-refractivity contribution in [2.75, 3.05) is 17.6 Å². The molecule has 2 aromatic rings. The van der Waals surface area contributed by atoms with Gasteiger partial charge in [0, 0.05) is 16.2 Å². The van der Waals surface area contributed by atoms with Gasteiger partial charge in [-0.05, 0) is 46.3 Å². The van der Waals surface area contributed by atoms with Gasteiger partial charge in [-0.15, -0.1) is 0 Å². The van der Waals surface area contributed by atoms with Gasteiger partial charge in [-0.25, -0.2) is 12.8 Å². The smallest absolute Gasteiger partial charge is 0.262 e. The highest BCUT2D eigenvalue weighted by molar-refractivity contribution is 9.10. The van der Waals surface area contributed by atoms with E-state index in [1.165, 1.54) is 25.3 Å². The number of ether oxygens (including phenoxy) is 1. The largest absolute Gasteiger partial charge is 0.494 e. The van der Waals surface area contributed by atoms with Crippen molar-refractivity contribution in [3.05, 3.63) is 46.7 Å². The van der Waals surface area contributed by atoms with Gasteiger partial charge in [0.25, 0.3) is 10.0 Å². The summed E-state index contributed by atoms with van der Waals surface area (Å²) in [6, 6.07) is 7.54. The van der Waals surface area contributed by atoms with E-state index in [-0.39, 0.29) is 16.3 Å². The van der Waals surface area contributed by atoms with Gasteiger partial charge in [-0.2, -0.15) is 0 Å². The van der Waals surface area contributed by atoms with Crippen molar-refractivity contribution < 1.29 is 17.5 Å². The van der Waals surface area contributed by atoms with Crippen molar-refractivity contribution in [3.8, 4) is 5.75 Å². The van der Waals surface area contributed by atoms with Crippen LogP contribution in [-0.2, 0) is 10.0 Å². The summed E-state index contributed by atoms with van der Waals surface area (Å²) in [4.78, 5) is -0.0605. The first kappa shape index (κ1) is 15.6. The third-order valence-corrected chi connectivity index (χ3v) is 4.65. The molecule has 0 aliphatic carbocycles. The molecule has 21 heavy (non-hydrogen) atoms. The van der Waals surface area contributed by atoms with Crippen molar-refractivity contribution in [1.82, 2.24) is 0 Å². The first-order valence-electron chi connectivity index (χ1n) is 5.75. The van der Waals surface area contributed by atoms with Crippen molar-refractivity contribution >= 4 is 37.3 Å². The van der Waals surface area contributed by atoms with Gasteiger partial charge in [0.2, 0.25) is 0 Å². The molecule has 0 aliphatic heterocycles. The van der Waals surface area contributed by atoms with Crippen LogP contribution >= 0.6 is 15.9 Å². The Balaban J connectivity index is 2.44. The molecular weight excluding hydrogens is 363 g/mol. The minimum Gasteiger partial charge on any atom is -0.494 e. The topological polar surface area (TPSA) is 81.4 Å². The fourth-order valence-corrected chi connectivity index (χ4v) is 3.45. The Kier molecular flexibility index (Phi) is 4.38. The Hall–Kier alpha value is -1.80. The Morgan fingerprint density at radius 2 is 1.86 bits per heavy atom. The molecule has 0 atom stereocenters. The van der Waals surface area contributed by atoms with Crippen LogP contribution in [0.3, 0.4) is 0 Å². The van der Waals surface area contributed by atoms with E-state index in [0.29, 0.717) is 10.2 Å². The highest BCUT2D eigenvalue weighted by atomic mass is 79.9. The lowest BCUT2D eigenvalue weighted by atomic mass is 10.2. The van der Waals surface area contributed by atoms with Gasteiger partial charge in [0.1, 0.15) is 17.3 Å². The highest BCUT2D eigenvalue weighted by Crippen LogP contribution is 2.36. The number of nitrogens with two attached hydrogens (primary N) is 1. The lowest BCUT2D eigenvalue weighted by molar-refractivity contribution is 0.417. The van der Waals surface area contributed by atoms with Crippen molar-refractivity contribution in [2.45, 2.75) is 4.90 Å². The van der Waals surface area contributed by atoms with Crippen LogP contribution in [0.15, 0.2) is 45.8 Å². The Morgan fingerprint density at radius 1 is 1.24 bits per heavy atom. The summed E-state index contributed by atoms with van der Waals surface area (Å²) < 4.78 is 45.4. The first-order chi connectivity index (χ1) is 9.83. The van der Waals surface area contributed by atoms with Crippen LogP contribution in [0.4, 0.5) is 15.8 Å². The Morgan fingerprint density at radius 3 is 2.43 bits per heavy atom. The van der Waals surface area contributed by atoms with Gasteiger partial charge >= 0.3 is 0 Å². The molecule has 112 valence electrons. The molecule has 0 aromatic heterocycles. The average Bonchev–Trinajstić information content (AvgIpc) is 2.42. The lowest BCUT2D eigenvalue weighted by Gasteiger charge is -2.14. The van der Waals surface area contributed by atoms with Crippen LogP contribution in [0.1, 0.15) is 0 Å². The number of halogens is 2. The quantitative estimate of drug-likeness (QED) is 0.806. The molecular formula is C13H12BrFN2O3S. The van der Waals surface area contributed by atoms with E-state index >= 15 is 0 Å². The van der Waals surface area contributed by atoms with E-state index in [1.54, 1.807) is 6.07 Å². The number of methoxy groups -OCH3 is 1. The zero-order chi connectivity index (χ0) is 15.6. The fraction of sp³-hybridized carbons (Fsp3) is 0.0769. The van der Waals surface area contributed by atoms with Crippen LogP contribution in [-0.4, -0.2) is 15.5 Å². The number of rotatable bonds is 4. The van der Waals surface area contributed by atoms with Crippen LogP contribution in [0.2, 0.25) is 0 Å². The van der Waals surface area contributed by atoms with Gasteiger partial charge in [0.05, 0.1) is 12.0 Å². The molecule has 0 heterocycles. The molecule has 0 amide bonds. The standard InChI is InChI=1S/C13H12BrFN2O3S/c1-20-12-7-9(16)6-11(14)13(12)17-21(18,19)10-4-2-8(15)3-5-10/h2-7,17H,16H2,1H3. The summed E-state index contributed by atoms with van der Waals surface area (Å²) in [5.74, 6) is -0.243. The molecule has 2 rings (SSSR count). The number of sulfonamides is 1. The first-order valence-corrected chi connectivity index (χ1v) is 8.02. The van der Waals surface area contributed by atoms with Crippen LogP contribution in [0, 0.1) is 5.82 Å². The molecule has 0 aliphatic rings. The van der Waals surface area contributed by atoms with Crippen molar-refractivity contribution in [3.63, 3.8) is 0 Å². The summed E-state index contributed by atoms with van der Waals surface area (Å²) in [7, 11) is -2.47. The SMILES string of the molecule is COc1cc(N)cc(Br)c1NS(=O)(=O)c1ccc(F)cc1. The van der Waals surface area contributed by atoms with E-state index in [0.717, 1.165) is 12.1 Å². The molecule has 8 heteroatoms. The second-order valence-electron chi connectivity index (χ2n) is 4.14. The van der Waals surface area contributed by atoms with Crippen LogP contribution in [0.25, 0.3) is 0 Å². The van der Waals surface area contributed by atoms with E-state index in [9.17, 15) is 12.8 Å². The number of nitrogens with one attached hydrogen (secondary N) is 1. The zero-order valence-electron chi connectivity index (χ0n) is 10.9. The second-order valence-corrected chi connectivity index (χ2v) is 6.68. The van der Waals surface area contributed by atoms with Crippen molar-refractivity contribution in [1.29, 1.82) is 0 Å². The Bertz CT molecular complexity index is 764. The fourth-order valence-electron chi connectivity index (χ4n) is 1.67. The maximum absolute atomic E-state index is 12.9. The van der Waals surface area contributed by atoms with Crippen molar-refractivity contribution in [2.24, 2.45) is 0 Å². The summed E-state index contributed by atoms with van der Waals surface area (Å²) in [5, 5.41) is 0. The third kappa shape index (κ3) is 3.45. The lowest BCUT2D eigenvalue weighted by Crippen LogP contribution is -2.14. The maximum atomic E-state index is 12.9. The van der Waals surface area contributed by atoms with Gasteiger partial charge in [-0.1, -0.05) is 0 Å². The molecule has 2 aromatic carbocycles. The van der Waals surface area contributed by atoms with Gasteiger partial charge in [0.15, 0.2) is 0 Å². The zero-order valence-corrected chi connectivity index (χ0v) is 13.3. The summed E-state index contributed by atoms with van der Waals surface area (Å²) >= 11 is 3.23. The van der Waals surface area contributed by atoms with E-state index in [2.05, 4.69) is 20.7 Å². The van der Waals surface area contributed by atoms with E-state index in [4.69, 9.17) is 10.5 Å². The highest BCUT2D eigenvalue weighted by Gasteiger charge is 2.19. The molecule has 0 spiro atoms. The summed E-state index contributed by atoms with van der Waals surface area (Å²) in [6.45, 7) is 0. The Labute approximate surface area is 130 Å². The molecule has 0 bridgehead atoms. The molecule has 5 nitrogen and oxygen atoms in total. The predicted octanol–water partition coefficient (Wildman–Crippen LogP) is 2.98. The molecule has 0 fully saturated rings. The minimum absolute atomic E-state index is 0.0605. The summed E-state index contributed by atoms with van der Waals surface area (Å²) in [6.07, 6.45) is 0. The van der Waals surface area contributed by atoms with Crippen LogP contribution < -0.4 is 15.2 Å². The number of anilines is 2. The van der Waals surface area contributed by atoms with Crippen LogP contribution in [0.5, 0.6) is 5.75 Å². The molecule has 0 saturated carbocycles. The number of nitrogen functional groups attached to an aromatic ring is 1. The van der Waals surface area contributed by atoms with E-state index in [1.807, 2.05) is 0 Å². The normalized spacial score (nSPS) is 11.2. The monoisotopic (exact) mass is 374 g/mol. The molecule has 0 saturated heterocycles. The second kappa shape index (κ2) is 5.90. The molecule has 0 radical (unpaired) electrons. The number of hydrogen-bond donors (Lipinski definition) is 2. The number of benzene rings is 2. The third-order valence-electron chi connectivity index (χ3n) is 2.66. The number of hydrogen-bond acceptors (Lipinski definition) is 4. The maximum Gasteiger partial charge on any atom is 0.262 e. The van der Waals surface area contributed by atoms with E-state index < -0.39 is 15.8 Å². The average molecular weight is 375 g/mol.